The first-order valence-corrected chi connectivity index (χ1v) is 6.35. The number of carbonyl (C=O) groups excluding carboxylic acids is 1. The Balaban J connectivity index is 2.09. The summed E-state index contributed by atoms with van der Waals surface area (Å²) in [7, 11) is 0. The van der Waals surface area contributed by atoms with E-state index in [-0.39, 0.29) is 11.5 Å². The van der Waals surface area contributed by atoms with E-state index in [1.807, 2.05) is 13.0 Å². The monoisotopic (exact) mass is 282 g/mol. The molecule has 0 aliphatic carbocycles. The van der Waals surface area contributed by atoms with E-state index in [1.54, 1.807) is 30.3 Å². The van der Waals surface area contributed by atoms with Crippen LogP contribution in [0.2, 0.25) is 0 Å². The summed E-state index contributed by atoms with van der Waals surface area (Å²) in [6.07, 6.45) is 2.88. The van der Waals surface area contributed by atoms with Crippen LogP contribution >= 0.6 is 0 Å². The molecule has 2 aromatic rings. The lowest BCUT2D eigenvalue weighted by molar-refractivity contribution is -0.384. The summed E-state index contributed by atoms with van der Waals surface area (Å²) in [4.78, 5) is 22.1. The highest BCUT2D eigenvalue weighted by atomic mass is 16.6. The number of carbonyl (C=O) groups is 1. The molecular weight excluding hydrogens is 268 g/mol. The highest BCUT2D eigenvalue weighted by Gasteiger charge is 2.07. The van der Waals surface area contributed by atoms with Crippen molar-refractivity contribution in [1.29, 1.82) is 0 Å². The number of nitro groups is 1. The van der Waals surface area contributed by atoms with Gasteiger partial charge in [-0.2, -0.15) is 0 Å². The molecule has 0 fully saturated rings. The normalized spacial score (nSPS) is 10.5. The van der Waals surface area contributed by atoms with Gasteiger partial charge in [0.25, 0.3) is 5.69 Å². The molecule has 0 saturated carbocycles. The summed E-state index contributed by atoms with van der Waals surface area (Å²) in [5.74, 6) is -0.133. The summed E-state index contributed by atoms with van der Waals surface area (Å²) in [5, 5.41) is 13.6. The molecule has 2 rings (SSSR count). The second-order valence-corrected chi connectivity index (χ2v) is 4.46. The van der Waals surface area contributed by atoms with E-state index >= 15 is 0 Å². The number of hydrogen-bond donors (Lipinski definition) is 1. The number of nitrogens with zero attached hydrogens (tertiary/aromatic N) is 1. The third kappa shape index (κ3) is 3.76. The van der Waals surface area contributed by atoms with Crippen molar-refractivity contribution in [3.8, 4) is 0 Å². The largest absolute Gasteiger partial charge is 0.361 e. The highest BCUT2D eigenvalue weighted by Crippen LogP contribution is 2.21. The van der Waals surface area contributed by atoms with Crippen molar-refractivity contribution in [2.75, 3.05) is 5.32 Å². The van der Waals surface area contributed by atoms with Crippen molar-refractivity contribution in [3.63, 3.8) is 0 Å². The lowest BCUT2D eigenvalue weighted by atomic mass is 10.1. The van der Waals surface area contributed by atoms with Gasteiger partial charge >= 0.3 is 0 Å². The zero-order valence-electron chi connectivity index (χ0n) is 11.4. The summed E-state index contributed by atoms with van der Waals surface area (Å²) >= 11 is 0. The van der Waals surface area contributed by atoms with Crippen molar-refractivity contribution in [2.24, 2.45) is 0 Å². The van der Waals surface area contributed by atoms with Crippen molar-refractivity contribution in [2.45, 2.75) is 6.92 Å². The number of benzene rings is 2. The van der Waals surface area contributed by atoms with Crippen LogP contribution in [0.3, 0.4) is 0 Å². The first-order valence-electron chi connectivity index (χ1n) is 6.35. The Bertz CT molecular complexity index is 694. The third-order valence-electron chi connectivity index (χ3n) is 2.96. The van der Waals surface area contributed by atoms with Gasteiger partial charge in [0, 0.05) is 35.7 Å². The fourth-order valence-corrected chi connectivity index (χ4v) is 1.78. The molecule has 0 radical (unpaired) electrons. The van der Waals surface area contributed by atoms with Crippen LogP contribution in [0.15, 0.2) is 60.8 Å². The molecule has 106 valence electrons. The molecule has 0 spiro atoms. The number of anilines is 1. The highest BCUT2D eigenvalue weighted by molar-refractivity contribution is 6.04. The Hall–Kier alpha value is -2.95. The van der Waals surface area contributed by atoms with Crippen molar-refractivity contribution < 1.29 is 9.72 Å². The van der Waals surface area contributed by atoms with Gasteiger partial charge in [0.2, 0.25) is 0 Å². The van der Waals surface area contributed by atoms with Crippen molar-refractivity contribution >= 4 is 17.2 Å². The number of hydrogen-bond acceptors (Lipinski definition) is 4. The van der Waals surface area contributed by atoms with Gasteiger partial charge in [-0.3, -0.25) is 14.9 Å². The van der Waals surface area contributed by atoms with E-state index in [1.165, 1.54) is 24.4 Å². The Labute approximate surface area is 122 Å². The number of non-ortho nitro benzene ring substituents is 1. The van der Waals surface area contributed by atoms with E-state index in [4.69, 9.17) is 0 Å². The minimum atomic E-state index is -0.455. The van der Waals surface area contributed by atoms with Crippen molar-refractivity contribution in [1.82, 2.24) is 0 Å². The first kappa shape index (κ1) is 14.5. The van der Waals surface area contributed by atoms with Gasteiger partial charge in [0.15, 0.2) is 5.78 Å². The molecule has 0 aliphatic heterocycles. The van der Waals surface area contributed by atoms with Gasteiger partial charge in [-0.1, -0.05) is 36.4 Å². The summed E-state index contributed by atoms with van der Waals surface area (Å²) in [5.41, 5.74) is 2.05. The Morgan fingerprint density at radius 1 is 1.19 bits per heavy atom. The third-order valence-corrected chi connectivity index (χ3v) is 2.96. The second-order valence-electron chi connectivity index (χ2n) is 4.46. The summed E-state index contributed by atoms with van der Waals surface area (Å²) < 4.78 is 0. The number of nitro benzene ring substituents is 1. The average Bonchev–Trinajstić information content (AvgIpc) is 2.49. The van der Waals surface area contributed by atoms with E-state index in [9.17, 15) is 14.9 Å². The fraction of sp³-hybridized carbons (Fsp3) is 0.0625. The average molecular weight is 282 g/mol. The van der Waals surface area contributed by atoms with E-state index in [0.29, 0.717) is 11.3 Å². The Kier molecular flexibility index (Phi) is 4.46. The van der Waals surface area contributed by atoms with Crippen LogP contribution in [-0.4, -0.2) is 10.7 Å². The van der Waals surface area contributed by atoms with Crippen molar-refractivity contribution in [3.05, 3.63) is 82.0 Å². The molecule has 0 atom stereocenters. The fourth-order valence-electron chi connectivity index (χ4n) is 1.78. The molecule has 1 N–H and O–H groups in total. The maximum Gasteiger partial charge on any atom is 0.271 e. The Morgan fingerprint density at radius 3 is 2.57 bits per heavy atom. The van der Waals surface area contributed by atoms with Gasteiger partial charge in [-0.15, -0.1) is 0 Å². The molecule has 2 aromatic carbocycles. The number of allylic oxidation sites excluding steroid dienone is 1. The molecule has 0 saturated heterocycles. The molecule has 0 amide bonds. The maximum atomic E-state index is 11.9. The molecule has 5 heteroatoms. The van der Waals surface area contributed by atoms with Gasteiger partial charge in [0.1, 0.15) is 0 Å². The van der Waals surface area contributed by atoms with Gasteiger partial charge in [-0.25, -0.2) is 0 Å². The molecular formula is C16H14N2O3. The van der Waals surface area contributed by atoms with Crippen LogP contribution in [0, 0.1) is 17.0 Å². The van der Waals surface area contributed by atoms with Crippen LogP contribution in [-0.2, 0) is 0 Å². The van der Waals surface area contributed by atoms with Gasteiger partial charge in [-0.05, 0) is 12.5 Å². The van der Waals surface area contributed by atoms with E-state index < -0.39 is 4.92 Å². The molecule has 0 aliphatic rings. The zero-order chi connectivity index (χ0) is 15.2. The van der Waals surface area contributed by atoms with E-state index in [0.717, 1.165) is 5.56 Å². The SMILES string of the molecule is Cc1ccc([N+](=O)[O-])cc1NC=CC(=O)c1ccccc1. The molecule has 0 bridgehead atoms. The molecule has 21 heavy (non-hydrogen) atoms. The lowest BCUT2D eigenvalue weighted by Gasteiger charge is -2.04. The van der Waals surface area contributed by atoms with Gasteiger partial charge < -0.3 is 5.32 Å². The number of aryl methyl sites for hydroxylation is 1. The standard InChI is InChI=1S/C16H14N2O3/c1-12-7-8-14(18(20)21)11-15(12)17-10-9-16(19)13-5-3-2-4-6-13/h2-11,17H,1H3. The zero-order valence-corrected chi connectivity index (χ0v) is 11.4. The van der Waals surface area contributed by atoms with Crippen LogP contribution in [0.1, 0.15) is 15.9 Å². The van der Waals surface area contributed by atoms with Crippen LogP contribution in [0.5, 0.6) is 0 Å². The van der Waals surface area contributed by atoms with Crippen LogP contribution in [0.25, 0.3) is 0 Å². The first-order chi connectivity index (χ1) is 10.1. The van der Waals surface area contributed by atoms with Crippen LogP contribution < -0.4 is 5.32 Å². The second kappa shape index (κ2) is 6.47. The minimum Gasteiger partial charge on any atom is -0.361 e. The smallest absolute Gasteiger partial charge is 0.271 e. The number of nitrogens with one attached hydrogen (secondary N) is 1. The van der Waals surface area contributed by atoms with E-state index in [2.05, 4.69) is 5.32 Å². The topological polar surface area (TPSA) is 72.2 Å². The summed E-state index contributed by atoms with van der Waals surface area (Å²) in [6.45, 7) is 1.83. The summed E-state index contributed by atoms with van der Waals surface area (Å²) in [6, 6.07) is 13.4. The van der Waals surface area contributed by atoms with Crippen LogP contribution in [0.4, 0.5) is 11.4 Å². The quantitative estimate of drug-likeness (QED) is 0.392. The Morgan fingerprint density at radius 2 is 1.90 bits per heavy atom. The maximum absolute atomic E-state index is 11.9. The molecule has 0 heterocycles. The molecule has 0 aromatic heterocycles. The predicted octanol–water partition coefficient (Wildman–Crippen LogP) is 3.71. The molecule has 5 nitrogen and oxygen atoms in total. The molecule has 0 unspecified atom stereocenters. The number of ketones is 1. The lowest BCUT2D eigenvalue weighted by Crippen LogP contribution is -1.97. The minimum absolute atomic E-state index is 0.00545. The number of rotatable bonds is 5. The predicted molar refractivity (Wildman–Crippen MR) is 81.4 cm³/mol. The van der Waals surface area contributed by atoms with Gasteiger partial charge in [0.05, 0.1) is 4.92 Å².